The molecule has 27 heavy (non-hydrogen) atoms. The van der Waals surface area contributed by atoms with E-state index in [2.05, 4.69) is 46.5 Å². The molecule has 3 aliphatic rings. The fraction of sp³-hybridized carbons (Fsp3) is 0.857. The van der Waals surface area contributed by atoms with E-state index in [9.17, 15) is 0 Å². The highest BCUT2D eigenvalue weighted by Gasteiger charge is 2.51. The molecule has 0 unspecified atom stereocenters. The molecule has 3 fully saturated rings. The first kappa shape index (κ1) is 19.4. The van der Waals surface area contributed by atoms with Crippen LogP contribution >= 0.6 is 0 Å². The van der Waals surface area contributed by atoms with Gasteiger partial charge in [0, 0.05) is 62.8 Å². The van der Waals surface area contributed by atoms with E-state index >= 15 is 0 Å². The van der Waals surface area contributed by atoms with Crippen LogP contribution in [0.1, 0.15) is 38.5 Å². The van der Waals surface area contributed by atoms with Crippen LogP contribution in [0, 0.1) is 17.3 Å². The fourth-order valence-electron chi connectivity index (χ4n) is 5.49. The molecule has 0 saturated carbocycles. The number of hydrogen-bond donors (Lipinski definition) is 0. The average molecular weight is 377 g/mol. The number of hydrogen-bond acceptors (Lipinski definition) is 5. The SMILES string of the molecule is CCN(C)C[C@]12COC[C@H]1CN(C[C@@H]1CCCO[C@H]1c1ccnn1CC)C2. The summed E-state index contributed by atoms with van der Waals surface area (Å²) in [6.45, 7) is 13.8. The van der Waals surface area contributed by atoms with Crippen LogP contribution in [0.3, 0.4) is 0 Å². The molecular weight excluding hydrogens is 340 g/mol. The van der Waals surface area contributed by atoms with Gasteiger partial charge in [-0.3, -0.25) is 4.68 Å². The van der Waals surface area contributed by atoms with E-state index in [0.717, 1.165) is 52.5 Å². The molecule has 1 aromatic rings. The summed E-state index contributed by atoms with van der Waals surface area (Å²) in [5.41, 5.74) is 1.58. The second-order valence-electron chi connectivity index (χ2n) is 8.86. The Kier molecular flexibility index (Phi) is 5.88. The van der Waals surface area contributed by atoms with Crippen molar-refractivity contribution in [2.75, 3.05) is 59.6 Å². The molecule has 1 aromatic heterocycles. The minimum Gasteiger partial charge on any atom is -0.380 e. The minimum absolute atomic E-state index is 0.187. The van der Waals surface area contributed by atoms with Crippen molar-refractivity contribution in [3.8, 4) is 0 Å². The third-order valence-electron chi connectivity index (χ3n) is 6.99. The van der Waals surface area contributed by atoms with Gasteiger partial charge < -0.3 is 19.3 Å². The first-order chi connectivity index (χ1) is 13.1. The molecule has 152 valence electrons. The fourth-order valence-corrected chi connectivity index (χ4v) is 5.49. The zero-order valence-corrected chi connectivity index (χ0v) is 17.3. The normalized spacial score (nSPS) is 34.4. The van der Waals surface area contributed by atoms with E-state index in [1.807, 2.05) is 6.20 Å². The molecule has 4 rings (SSSR count). The molecule has 0 spiro atoms. The number of rotatable bonds is 7. The highest BCUT2D eigenvalue weighted by atomic mass is 16.5. The lowest BCUT2D eigenvalue weighted by Gasteiger charge is -2.36. The number of ether oxygens (including phenoxy) is 2. The predicted molar refractivity (Wildman–Crippen MR) is 106 cm³/mol. The molecular formula is C21H36N4O2. The van der Waals surface area contributed by atoms with Gasteiger partial charge in [-0.15, -0.1) is 0 Å². The van der Waals surface area contributed by atoms with Crippen LogP contribution < -0.4 is 0 Å². The molecule has 6 heteroatoms. The quantitative estimate of drug-likeness (QED) is 0.730. The Labute approximate surface area is 163 Å². The van der Waals surface area contributed by atoms with Crippen LogP contribution in [-0.2, 0) is 16.0 Å². The van der Waals surface area contributed by atoms with Crippen LogP contribution in [0.5, 0.6) is 0 Å². The molecule has 4 heterocycles. The van der Waals surface area contributed by atoms with Gasteiger partial charge >= 0.3 is 0 Å². The number of aromatic nitrogens is 2. The van der Waals surface area contributed by atoms with E-state index in [0.29, 0.717) is 17.3 Å². The monoisotopic (exact) mass is 376 g/mol. The zero-order chi connectivity index (χ0) is 18.9. The van der Waals surface area contributed by atoms with Crippen LogP contribution in [0.2, 0.25) is 0 Å². The van der Waals surface area contributed by atoms with E-state index in [1.54, 1.807) is 0 Å². The molecule has 0 aliphatic carbocycles. The maximum atomic E-state index is 6.27. The molecule has 0 aromatic carbocycles. The average Bonchev–Trinajstić information content (AvgIpc) is 3.36. The van der Waals surface area contributed by atoms with Crippen LogP contribution in [0.4, 0.5) is 0 Å². The van der Waals surface area contributed by atoms with Gasteiger partial charge in [-0.25, -0.2) is 0 Å². The van der Waals surface area contributed by atoms with Crippen molar-refractivity contribution in [2.45, 2.75) is 39.3 Å². The van der Waals surface area contributed by atoms with E-state index < -0.39 is 0 Å². The van der Waals surface area contributed by atoms with Gasteiger partial charge in [0.2, 0.25) is 0 Å². The van der Waals surface area contributed by atoms with Crippen molar-refractivity contribution in [3.05, 3.63) is 18.0 Å². The summed E-state index contributed by atoms with van der Waals surface area (Å²) < 4.78 is 14.3. The van der Waals surface area contributed by atoms with Gasteiger partial charge in [-0.1, -0.05) is 6.92 Å². The van der Waals surface area contributed by atoms with Crippen molar-refractivity contribution >= 4 is 0 Å². The van der Waals surface area contributed by atoms with E-state index in [1.165, 1.54) is 25.1 Å². The van der Waals surface area contributed by atoms with Crippen molar-refractivity contribution in [1.82, 2.24) is 19.6 Å². The summed E-state index contributed by atoms with van der Waals surface area (Å²) >= 11 is 0. The molecule has 0 amide bonds. The third kappa shape index (κ3) is 3.82. The molecule has 3 aliphatic heterocycles. The van der Waals surface area contributed by atoms with Crippen molar-refractivity contribution < 1.29 is 9.47 Å². The molecule has 3 saturated heterocycles. The van der Waals surface area contributed by atoms with E-state index in [4.69, 9.17) is 9.47 Å². The summed E-state index contributed by atoms with van der Waals surface area (Å²) in [4.78, 5) is 5.16. The van der Waals surface area contributed by atoms with Gasteiger partial charge in [-0.05, 0) is 39.4 Å². The van der Waals surface area contributed by atoms with E-state index in [-0.39, 0.29) is 6.10 Å². The number of nitrogens with zero attached hydrogens (tertiary/aromatic N) is 4. The Morgan fingerprint density at radius 3 is 3.07 bits per heavy atom. The van der Waals surface area contributed by atoms with Crippen molar-refractivity contribution in [2.24, 2.45) is 17.3 Å². The smallest absolute Gasteiger partial charge is 0.103 e. The van der Waals surface area contributed by atoms with Gasteiger partial charge in [0.1, 0.15) is 6.10 Å². The Morgan fingerprint density at radius 2 is 2.26 bits per heavy atom. The minimum atomic E-state index is 0.187. The van der Waals surface area contributed by atoms with Gasteiger partial charge in [-0.2, -0.15) is 5.10 Å². The van der Waals surface area contributed by atoms with Crippen LogP contribution in [0.25, 0.3) is 0 Å². The van der Waals surface area contributed by atoms with Crippen LogP contribution in [-0.4, -0.2) is 79.2 Å². The maximum Gasteiger partial charge on any atom is 0.103 e. The second-order valence-corrected chi connectivity index (χ2v) is 8.86. The predicted octanol–water partition coefficient (Wildman–Crippen LogP) is 2.27. The van der Waals surface area contributed by atoms with Crippen LogP contribution in [0.15, 0.2) is 12.3 Å². The van der Waals surface area contributed by atoms with Gasteiger partial charge in [0.05, 0.1) is 18.9 Å². The standard InChI is InChI=1S/C21H36N4O2/c1-4-23(3)14-21-15-24(12-18(21)13-26-16-21)11-17-7-6-10-27-20(17)19-8-9-22-25(19)5-2/h8-9,17-18,20H,4-7,10-16H2,1-3H3/t17-,18+,20+,21-/m0/s1. The number of fused-ring (bicyclic) bond motifs is 1. The topological polar surface area (TPSA) is 42.8 Å². The maximum absolute atomic E-state index is 6.27. The summed E-state index contributed by atoms with van der Waals surface area (Å²) in [6, 6.07) is 2.15. The lowest BCUT2D eigenvalue weighted by Crippen LogP contribution is -2.42. The molecule has 0 bridgehead atoms. The highest BCUT2D eigenvalue weighted by Crippen LogP contribution is 2.43. The summed E-state index contributed by atoms with van der Waals surface area (Å²) in [5.74, 6) is 1.23. The Hall–Kier alpha value is -0.950. The van der Waals surface area contributed by atoms with Crippen molar-refractivity contribution in [1.29, 1.82) is 0 Å². The Morgan fingerprint density at radius 1 is 1.37 bits per heavy atom. The van der Waals surface area contributed by atoms with Gasteiger partial charge in [0.25, 0.3) is 0 Å². The largest absolute Gasteiger partial charge is 0.380 e. The second kappa shape index (κ2) is 8.19. The molecule has 6 nitrogen and oxygen atoms in total. The zero-order valence-electron chi connectivity index (χ0n) is 17.3. The molecule has 0 N–H and O–H groups in total. The summed E-state index contributed by atoms with van der Waals surface area (Å²) in [6.07, 6.45) is 4.53. The summed E-state index contributed by atoms with van der Waals surface area (Å²) in [5, 5.41) is 4.48. The lowest BCUT2D eigenvalue weighted by atomic mass is 9.80. The lowest BCUT2D eigenvalue weighted by molar-refractivity contribution is -0.0437. The Bertz CT molecular complexity index is 621. The first-order valence-corrected chi connectivity index (χ1v) is 10.8. The van der Waals surface area contributed by atoms with Crippen molar-refractivity contribution in [3.63, 3.8) is 0 Å². The first-order valence-electron chi connectivity index (χ1n) is 10.8. The number of aryl methyl sites for hydroxylation is 1. The Balaban J connectivity index is 1.45. The third-order valence-corrected chi connectivity index (χ3v) is 6.99. The molecule has 0 radical (unpaired) electrons. The highest BCUT2D eigenvalue weighted by molar-refractivity contribution is 5.09. The van der Waals surface area contributed by atoms with Gasteiger partial charge in [0.15, 0.2) is 0 Å². The molecule has 4 atom stereocenters. The summed E-state index contributed by atoms with van der Waals surface area (Å²) in [7, 11) is 2.24. The number of likely N-dealkylation sites (tertiary alicyclic amines) is 1.